The number of pyridine rings is 1. The molecular formula is C26H29F3N4O4. The lowest BCUT2D eigenvalue weighted by atomic mass is 9.95. The van der Waals surface area contributed by atoms with Gasteiger partial charge in [-0.1, -0.05) is 0 Å². The fourth-order valence-electron chi connectivity index (χ4n) is 4.61. The Morgan fingerprint density at radius 1 is 1.08 bits per heavy atom. The molecule has 198 valence electrons. The molecule has 1 saturated heterocycles. The van der Waals surface area contributed by atoms with Crippen LogP contribution in [0.5, 0.6) is 11.6 Å². The molecule has 0 unspecified atom stereocenters. The number of carbonyl (C=O) groups excluding carboxylic acids is 1. The zero-order valence-electron chi connectivity index (χ0n) is 20.5. The van der Waals surface area contributed by atoms with Gasteiger partial charge in [-0.2, -0.15) is 18.4 Å². The number of piperazine rings is 1. The Labute approximate surface area is 213 Å². The van der Waals surface area contributed by atoms with Crippen molar-refractivity contribution in [2.24, 2.45) is 0 Å². The zero-order valence-corrected chi connectivity index (χ0v) is 20.5. The molecule has 1 aromatic carbocycles. The first kappa shape index (κ1) is 26.5. The summed E-state index contributed by atoms with van der Waals surface area (Å²) in [5, 5.41) is 8.93. The van der Waals surface area contributed by atoms with Crippen LogP contribution in [0.3, 0.4) is 0 Å². The number of rotatable bonds is 7. The lowest BCUT2D eigenvalue weighted by Gasteiger charge is -2.36. The molecule has 8 nitrogen and oxygen atoms in total. The summed E-state index contributed by atoms with van der Waals surface area (Å²) in [7, 11) is 1.57. The third-order valence-corrected chi connectivity index (χ3v) is 6.71. The van der Waals surface area contributed by atoms with Crippen LogP contribution in [0.4, 0.5) is 18.9 Å². The van der Waals surface area contributed by atoms with Crippen LogP contribution in [0.15, 0.2) is 36.5 Å². The average Bonchev–Trinajstić information content (AvgIpc) is 2.92. The second-order valence-electron chi connectivity index (χ2n) is 9.07. The Morgan fingerprint density at radius 2 is 1.78 bits per heavy atom. The molecule has 2 fully saturated rings. The van der Waals surface area contributed by atoms with Crippen molar-refractivity contribution in [1.29, 1.82) is 5.26 Å². The second-order valence-corrected chi connectivity index (χ2v) is 9.07. The van der Waals surface area contributed by atoms with E-state index in [0.717, 1.165) is 17.8 Å². The number of alkyl halides is 3. The first-order valence-electron chi connectivity index (χ1n) is 12.2. The summed E-state index contributed by atoms with van der Waals surface area (Å²) in [5.74, 6) is 0.596. The van der Waals surface area contributed by atoms with Gasteiger partial charge in [-0.05, 0) is 49.9 Å². The van der Waals surface area contributed by atoms with Gasteiger partial charge >= 0.3 is 6.18 Å². The number of carbonyl (C=O) groups is 1. The number of anilines is 1. The molecule has 0 N–H and O–H groups in total. The van der Waals surface area contributed by atoms with Crippen molar-refractivity contribution >= 4 is 11.6 Å². The van der Waals surface area contributed by atoms with Gasteiger partial charge in [-0.15, -0.1) is 0 Å². The van der Waals surface area contributed by atoms with Gasteiger partial charge in [0.15, 0.2) is 0 Å². The first-order chi connectivity index (χ1) is 17.8. The molecule has 0 spiro atoms. The summed E-state index contributed by atoms with van der Waals surface area (Å²) in [6.07, 6.45) is -0.689. The molecule has 11 heteroatoms. The van der Waals surface area contributed by atoms with Gasteiger partial charge in [0.1, 0.15) is 12.4 Å². The number of benzene rings is 1. The summed E-state index contributed by atoms with van der Waals surface area (Å²) in [6.45, 7) is 2.60. The fourth-order valence-corrected chi connectivity index (χ4v) is 4.61. The molecule has 1 aromatic heterocycles. The number of amides is 1. The van der Waals surface area contributed by atoms with Crippen molar-refractivity contribution < 1.29 is 32.2 Å². The fraction of sp³-hybridized carbons (Fsp3) is 0.500. The number of halogens is 3. The molecule has 1 amide bonds. The van der Waals surface area contributed by atoms with E-state index < -0.39 is 17.3 Å². The maximum atomic E-state index is 13.2. The van der Waals surface area contributed by atoms with E-state index in [1.165, 1.54) is 6.07 Å². The molecule has 0 bridgehead atoms. The molecule has 1 saturated carbocycles. The van der Waals surface area contributed by atoms with Crippen LogP contribution in [-0.2, 0) is 15.7 Å². The normalized spacial score (nSPS) is 20.3. The largest absolute Gasteiger partial charge is 0.490 e. The topological polar surface area (TPSA) is 87.9 Å². The maximum absolute atomic E-state index is 13.2. The van der Waals surface area contributed by atoms with Crippen LogP contribution in [-0.4, -0.2) is 67.9 Å². The molecule has 2 aromatic rings. The van der Waals surface area contributed by atoms with Gasteiger partial charge in [-0.3, -0.25) is 4.79 Å². The van der Waals surface area contributed by atoms with Gasteiger partial charge < -0.3 is 24.0 Å². The SMILES string of the molecule is COc1ccc(N2CCN(C(=O)COC3CCC(Oc4ccc(C#N)c(C(F)(F)F)c4)CC3)CC2)cn1. The molecular weight excluding hydrogens is 489 g/mol. The lowest BCUT2D eigenvalue weighted by Crippen LogP contribution is -2.50. The highest BCUT2D eigenvalue weighted by Gasteiger charge is 2.34. The van der Waals surface area contributed by atoms with Crippen LogP contribution in [0.25, 0.3) is 0 Å². The van der Waals surface area contributed by atoms with Crippen molar-refractivity contribution in [2.45, 2.75) is 44.1 Å². The third-order valence-electron chi connectivity index (χ3n) is 6.71. The van der Waals surface area contributed by atoms with E-state index in [4.69, 9.17) is 19.5 Å². The van der Waals surface area contributed by atoms with E-state index in [1.807, 2.05) is 12.1 Å². The summed E-state index contributed by atoms with van der Waals surface area (Å²) >= 11 is 0. The molecule has 1 aliphatic heterocycles. The van der Waals surface area contributed by atoms with Crippen LogP contribution in [0.2, 0.25) is 0 Å². The highest BCUT2D eigenvalue weighted by Crippen LogP contribution is 2.35. The summed E-state index contributed by atoms with van der Waals surface area (Å²) in [6, 6.07) is 8.72. The molecule has 1 aliphatic carbocycles. The van der Waals surface area contributed by atoms with E-state index in [2.05, 4.69) is 9.88 Å². The van der Waals surface area contributed by atoms with Gasteiger partial charge in [0.2, 0.25) is 11.8 Å². The quantitative estimate of drug-likeness (QED) is 0.547. The Kier molecular flexibility index (Phi) is 8.38. The smallest absolute Gasteiger partial charge is 0.417 e. The molecule has 0 atom stereocenters. The highest BCUT2D eigenvalue weighted by atomic mass is 19.4. The monoisotopic (exact) mass is 518 g/mol. The zero-order chi connectivity index (χ0) is 26.4. The van der Waals surface area contributed by atoms with Crippen molar-refractivity contribution in [3.63, 3.8) is 0 Å². The Morgan fingerprint density at radius 3 is 2.38 bits per heavy atom. The van der Waals surface area contributed by atoms with Crippen LogP contribution in [0, 0.1) is 11.3 Å². The second kappa shape index (κ2) is 11.7. The number of methoxy groups -OCH3 is 1. The van der Waals surface area contributed by atoms with Crippen LogP contribution in [0.1, 0.15) is 36.8 Å². The molecule has 2 heterocycles. The first-order valence-corrected chi connectivity index (χ1v) is 12.2. The molecule has 2 aliphatic rings. The predicted molar refractivity (Wildman–Crippen MR) is 128 cm³/mol. The number of aromatic nitrogens is 1. The summed E-state index contributed by atoms with van der Waals surface area (Å²) < 4.78 is 56.3. The Bertz CT molecular complexity index is 1100. The third kappa shape index (κ3) is 6.83. The lowest BCUT2D eigenvalue weighted by molar-refractivity contribution is -0.140. The number of hydrogen-bond acceptors (Lipinski definition) is 7. The van der Waals surface area contributed by atoms with Crippen LogP contribution >= 0.6 is 0 Å². The molecule has 4 rings (SSSR count). The predicted octanol–water partition coefficient (Wildman–Crippen LogP) is 4.04. The highest BCUT2D eigenvalue weighted by molar-refractivity contribution is 5.77. The van der Waals surface area contributed by atoms with Crippen molar-refractivity contribution in [3.8, 4) is 17.7 Å². The van der Waals surface area contributed by atoms with E-state index in [0.29, 0.717) is 57.7 Å². The maximum Gasteiger partial charge on any atom is 0.417 e. The number of hydrogen-bond donors (Lipinski definition) is 0. The van der Waals surface area contributed by atoms with Gasteiger partial charge in [0.25, 0.3) is 0 Å². The molecule has 37 heavy (non-hydrogen) atoms. The average molecular weight is 519 g/mol. The summed E-state index contributed by atoms with van der Waals surface area (Å²) in [5.41, 5.74) is -0.441. The van der Waals surface area contributed by atoms with Gasteiger partial charge in [0.05, 0.1) is 48.4 Å². The van der Waals surface area contributed by atoms with E-state index in [-0.39, 0.29) is 30.5 Å². The van der Waals surface area contributed by atoms with Crippen molar-refractivity contribution in [1.82, 2.24) is 9.88 Å². The minimum atomic E-state index is -4.62. The Balaban J connectivity index is 1.18. The van der Waals surface area contributed by atoms with E-state index in [9.17, 15) is 18.0 Å². The number of nitrogens with zero attached hydrogens (tertiary/aromatic N) is 4. The van der Waals surface area contributed by atoms with Gasteiger partial charge in [0, 0.05) is 32.2 Å². The van der Waals surface area contributed by atoms with E-state index >= 15 is 0 Å². The number of ether oxygens (including phenoxy) is 3. The van der Waals surface area contributed by atoms with Crippen molar-refractivity contribution in [3.05, 3.63) is 47.7 Å². The van der Waals surface area contributed by atoms with Crippen molar-refractivity contribution in [2.75, 3.05) is 44.8 Å². The molecule has 0 radical (unpaired) electrons. The summed E-state index contributed by atoms with van der Waals surface area (Å²) in [4.78, 5) is 20.8. The minimum Gasteiger partial charge on any atom is -0.490 e. The van der Waals surface area contributed by atoms with Crippen LogP contribution < -0.4 is 14.4 Å². The van der Waals surface area contributed by atoms with E-state index in [1.54, 1.807) is 24.3 Å². The van der Waals surface area contributed by atoms with Gasteiger partial charge in [-0.25, -0.2) is 4.98 Å². The standard InChI is InChI=1S/C26H29F3N4O4/c1-35-24-9-3-19(16-31-24)32-10-12-33(13-11-32)25(34)17-36-20-5-7-21(8-6-20)37-22-4-2-18(15-30)23(14-22)26(27,28)29/h2-4,9,14,16,20-21H,5-8,10-13,17H2,1H3. The minimum absolute atomic E-state index is 0.00481. The Hall–Kier alpha value is -3.52. The number of nitriles is 1.